The van der Waals surface area contributed by atoms with Crippen LogP contribution in [0.1, 0.15) is 23.3 Å². The molecule has 0 radical (unpaired) electrons. The zero-order valence-electron chi connectivity index (χ0n) is 14.2. The molecule has 0 bridgehead atoms. The lowest BCUT2D eigenvalue weighted by Gasteiger charge is -2.36. The van der Waals surface area contributed by atoms with Gasteiger partial charge in [0.15, 0.2) is 0 Å². The van der Waals surface area contributed by atoms with E-state index < -0.39 is 0 Å². The van der Waals surface area contributed by atoms with Gasteiger partial charge in [0.05, 0.1) is 17.7 Å². The van der Waals surface area contributed by atoms with E-state index in [1.165, 1.54) is 10.8 Å². The monoisotopic (exact) mass is 363 g/mol. The predicted octanol–water partition coefficient (Wildman–Crippen LogP) is 1.98. The Kier molecular flexibility index (Phi) is 3.43. The van der Waals surface area contributed by atoms with Crippen molar-refractivity contribution in [2.24, 2.45) is 7.05 Å². The summed E-state index contributed by atoms with van der Waals surface area (Å²) in [7, 11) is 2.03. The van der Waals surface area contributed by atoms with Crippen LogP contribution in [0, 0.1) is 0 Å². The Balaban J connectivity index is 1.78. The van der Waals surface area contributed by atoms with Gasteiger partial charge in [-0.05, 0) is 23.8 Å². The topological polar surface area (TPSA) is 53.9 Å². The number of nitrogens with zero attached hydrogens (tertiary/aromatic N) is 2. The highest BCUT2D eigenvalue weighted by atomic mass is 35.5. The Bertz CT molecular complexity index is 1100. The summed E-state index contributed by atoms with van der Waals surface area (Å²) in [6.45, 7) is 0. The molecule has 0 spiro atoms. The summed E-state index contributed by atoms with van der Waals surface area (Å²) in [5.74, 6) is 1.04. The van der Waals surface area contributed by atoms with Crippen molar-refractivity contribution in [1.29, 1.82) is 0 Å². The number of rotatable bonds is 2. The number of hydrogen-bond acceptors (Lipinski definition) is 4. The number of benzene rings is 2. The van der Waals surface area contributed by atoms with Crippen LogP contribution in [0.3, 0.4) is 0 Å². The van der Waals surface area contributed by atoms with Gasteiger partial charge in [0, 0.05) is 46.8 Å². The van der Waals surface area contributed by atoms with E-state index in [2.05, 4.69) is 56.1 Å². The third-order valence-electron chi connectivity index (χ3n) is 5.12. The van der Waals surface area contributed by atoms with Gasteiger partial charge < -0.3 is 20.7 Å². The molecule has 3 N–H and O–H groups in total. The molecule has 26 heavy (non-hydrogen) atoms. The Morgan fingerprint density at radius 3 is 2.73 bits per heavy atom. The number of hydrazine groups is 1. The first-order valence-corrected chi connectivity index (χ1v) is 8.94. The first-order valence-electron chi connectivity index (χ1n) is 8.56. The van der Waals surface area contributed by atoms with E-state index in [-0.39, 0.29) is 12.0 Å². The maximum atomic E-state index is 6.11. The van der Waals surface area contributed by atoms with E-state index in [9.17, 15) is 0 Å². The van der Waals surface area contributed by atoms with Gasteiger partial charge in [-0.15, -0.1) is 0 Å². The molecule has 0 aliphatic carbocycles. The maximum absolute atomic E-state index is 6.11. The highest BCUT2D eigenvalue weighted by Gasteiger charge is 2.36. The zero-order valence-corrected chi connectivity index (χ0v) is 15.0. The number of halogens is 1. The zero-order chi connectivity index (χ0) is 17.7. The standard InChI is InChI=1S/C20H18ClN5/c1-26-10-9-22-20(26)17-18(12-5-7-14(21)8-6-12)24-15-4-2-3-13-11-23-25-19(17)16(13)15/h2-11,17-18,23-25H,1H3. The van der Waals surface area contributed by atoms with E-state index in [1.807, 2.05) is 37.8 Å². The average Bonchev–Trinajstić information content (AvgIpc) is 3.08. The van der Waals surface area contributed by atoms with E-state index in [4.69, 9.17) is 11.6 Å². The number of anilines is 1. The van der Waals surface area contributed by atoms with Crippen LogP contribution in [-0.2, 0) is 7.05 Å². The van der Waals surface area contributed by atoms with E-state index in [1.54, 1.807) is 0 Å². The first-order chi connectivity index (χ1) is 12.7. The Labute approximate surface area is 156 Å². The third-order valence-corrected chi connectivity index (χ3v) is 5.37. The van der Waals surface area contributed by atoms with Gasteiger partial charge in [0.1, 0.15) is 5.82 Å². The summed E-state index contributed by atoms with van der Waals surface area (Å²) in [5.41, 5.74) is 10.0. The summed E-state index contributed by atoms with van der Waals surface area (Å²) in [5, 5.41) is 6.83. The largest absolute Gasteiger partial charge is 0.377 e. The molecule has 5 nitrogen and oxygen atoms in total. The quantitative estimate of drug-likeness (QED) is 0.651. The molecular formula is C20H18ClN5. The second-order valence-corrected chi connectivity index (χ2v) is 7.08. The smallest absolute Gasteiger partial charge is 0.119 e. The molecule has 6 heteroatoms. The first kappa shape index (κ1) is 15.3. The van der Waals surface area contributed by atoms with Crippen molar-refractivity contribution in [1.82, 2.24) is 20.4 Å². The van der Waals surface area contributed by atoms with Gasteiger partial charge >= 0.3 is 0 Å². The highest BCUT2D eigenvalue weighted by Crippen LogP contribution is 2.40. The van der Waals surface area contributed by atoms with Crippen molar-refractivity contribution in [2.45, 2.75) is 12.0 Å². The van der Waals surface area contributed by atoms with Crippen LogP contribution in [0.15, 0.2) is 54.9 Å². The van der Waals surface area contributed by atoms with Crippen LogP contribution in [0.4, 0.5) is 5.69 Å². The lowest BCUT2D eigenvalue weighted by Crippen LogP contribution is -2.50. The summed E-state index contributed by atoms with van der Waals surface area (Å²) >= 11 is 6.11. The van der Waals surface area contributed by atoms with Crippen LogP contribution in [0.25, 0.3) is 11.9 Å². The van der Waals surface area contributed by atoms with Crippen molar-refractivity contribution >= 4 is 29.2 Å². The van der Waals surface area contributed by atoms with Crippen molar-refractivity contribution in [3.05, 3.63) is 81.7 Å². The lowest BCUT2D eigenvalue weighted by molar-refractivity contribution is 0.585. The number of nitrogens with one attached hydrogen (secondary N) is 3. The fraction of sp³-hybridized carbons (Fsp3) is 0.150. The van der Waals surface area contributed by atoms with Crippen molar-refractivity contribution in [2.75, 3.05) is 5.32 Å². The number of imidazole rings is 1. The van der Waals surface area contributed by atoms with Crippen LogP contribution >= 0.6 is 11.6 Å². The Morgan fingerprint density at radius 1 is 1.12 bits per heavy atom. The molecule has 0 saturated heterocycles. The molecule has 2 atom stereocenters. The fourth-order valence-corrected chi connectivity index (χ4v) is 4.04. The Morgan fingerprint density at radius 2 is 1.96 bits per heavy atom. The van der Waals surface area contributed by atoms with Crippen molar-refractivity contribution < 1.29 is 0 Å². The predicted molar refractivity (Wildman–Crippen MR) is 104 cm³/mol. The number of hydrogen-bond donors (Lipinski definition) is 3. The second-order valence-electron chi connectivity index (χ2n) is 6.64. The third kappa shape index (κ3) is 2.28. The second kappa shape index (κ2) is 5.81. The molecule has 5 rings (SSSR count). The molecule has 0 fully saturated rings. The molecule has 3 heterocycles. The van der Waals surface area contributed by atoms with Crippen molar-refractivity contribution in [3.63, 3.8) is 0 Å². The van der Waals surface area contributed by atoms with Gasteiger partial charge in [-0.3, -0.25) is 0 Å². The van der Waals surface area contributed by atoms with Gasteiger partial charge in [-0.1, -0.05) is 35.9 Å². The van der Waals surface area contributed by atoms with E-state index in [0.29, 0.717) is 0 Å². The summed E-state index contributed by atoms with van der Waals surface area (Å²) in [6, 6.07) is 14.4. The lowest BCUT2D eigenvalue weighted by atomic mass is 9.84. The van der Waals surface area contributed by atoms with Crippen LogP contribution in [0.5, 0.6) is 0 Å². The molecule has 3 aromatic rings. The van der Waals surface area contributed by atoms with Crippen LogP contribution in [-0.4, -0.2) is 9.55 Å². The number of aromatic nitrogens is 2. The maximum Gasteiger partial charge on any atom is 0.119 e. The summed E-state index contributed by atoms with van der Waals surface area (Å²) < 4.78 is 2.08. The van der Waals surface area contributed by atoms with Crippen molar-refractivity contribution in [3.8, 4) is 0 Å². The minimum Gasteiger partial charge on any atom is -0.377 e. The fourth-order valence-electron chi connectivity index (χ4n) is 3.92. The van der Waals surface area contributed by atoms with Gasteiger partial charge in [-0.2, -0.15) is 0 Å². The molecule has 130 valence electrons. The van der Waals surface area contributed by atoms with E-state index in [0.717, 1.165) is 27.5 Å². The molecule has 2 unspecified atom stereocenters. The Hall–Kier alpha value is -2.92. The van der Waals surface area contributed by atoms with Gasteiger partial charge in [0.25, 0.3) is 0 Å². The highest BCUT2D eigenvalue weighted by molar-refractivity contribution is 6.30. The minimum absolute atomic E-state index is 0.0334. The SMILES string of the molecule is Cn1ccnc1C1C2=c3c(cccc3=CNN2)NC1c1ccc(Cl)cc1. The molecule has 2 aliphatic rings. The number of aryl methyl sites for hydroxylation is 1. The van der Waals surface area contributed by atoms with Crippen LogP contribution in [0.2, 0.25) is 5.02 Å². The molecular weight excluding hydrogens is 346 g/mol. The molecule has 2 aliphatic heterocycles. The normalized spacial score (nSPS) is 20.3. The minimum atomic E-state index is 0.0334. The summed E-state index contributed by atoms with van der Waals surface area (Å²) in [4.78, 5) is 4.66. The van der Waals surface area contributed by atoms with Gasteiger partial charge in [0.2, 0.25) is 0 Å². The average molecular weight is 364 g/mol. The molecule has 0 saturated carbocycles. The van der Waals surface area contributed by atoms with E-state index >= 15 is 0 Å². The van der Waals surface area contributed by atoms with Crippen LogP contribution < -0.4 is 26.6 Å². The van der Waals surface area contributed by atoms with Gasteiger partial charge in [-0.25, -0.2) is 4.98 Å². The molecule has 0 amide bonds. The molecule has 2 aromatic carbocycles. The molecule has 1 aromatic heterocycles. The summed E-state index contributed by atoms with van der Waals surface area (Å²) in [6.07, 6.45) is 5.82.